The lowest BCUT2D eigenvalue weighted by Crippen LogP contribution is -2.28. The molecule has 0 radical (unpaired) electrons. The number of hydrogen-bond donors (Lipinski definition) is 2. The Labute approximate surface area is 228 Å². The van der Waals surface area contributed by atoms with Gasteiger partial charge in [0.15, 0.2) is 11.5 Å². The smallest absolute Gasteiger partial charge is 0.259 e. The Hall–Kier alpha value is -5.56. The Bertz CT molecular complexity index is 1980. The van der Waals surface area contributed by atoms with Crippen LogP contribution in [0, 0.1) is 17.7 Å². The summed E-state index contributed by atoms with van der Waals surface area (Å²) in [4.78, 5) is 22.6. The minimum atomic E-state index is -0.571. The predicted molar refractivity (Wildman–Crippen MR) is 150 cm³/mol. The molecule has 2 aromatic carbocycles. The molecule has 6 rings (SSSR count). The number of nitrogen functional groups attached to an aromatic ring is 1. The van der Waals surface area contributed by atoms with E-state index in [0.29, 0.717) is 28.0 Å². The predicted octanol–water partition coefficient (Wildman–Crippen LogP) is 4.29. The molecule has 4 heterocycles. The number of carbonyl (C=O) groups excluding carboxylic acids is 1. The molecule has 0 aliphatic carbocycles. The minimum absolute atomic E-state index is 0.0667. The van der Waals surface area contributed by atoms with Crippen LogP contribution in [0.25, 0.3) is 27.7 Å². The second-order valence-electron chi connectivity index (χ2n) is 9.30. The summed E-state index contributed by atoms with van der Waals surface area (Å²) in [5, 5.41) is 12.1. The van der Waals surface area contributed by atoms with Crippen LogP contribution in [-0.4, -0.2) is 35.3 Å². The van der Waals surface area contributed by atoms with Gasteiger partial charge in [-0.25, -0.2) is 18.9 Å². The van der Waals surface area contributed by atoms with Crippen molar-refractivity contribution in [2.24, 2.45) is 7.05 Å². The lowest BCUT2D eigenvalue weighted by molar-refractivity contribution is 0.0941. The third kappa shape index (κ3) is 4.61. The maximum Gasteiger partial charge on any atom is 0.259 e. The maximum absolute atomic E-state index is 14.3. The van der Waals surface area contributed by atoms with Gasteiger partial charge < -0.3 is 11.1 Å². The van der Waals surface area contributed by atoms with Crippen LogP contribution in [0.4, 0.5) is 10.2 Å². The first-order chi connectivity index (χ1) is 19.4. The van der Waals surface area contributed by atoms with Crippen molar-refractivity contribution >= 4 is 28.3 Å². The molecule has 0 saturated carbocycles. The van der Waals surface area contributed by atoms with Gasteiger partial charge in [-0.1, -0.05) is 30.0 Å². The fraction of sp³-hybridized carbons (Fsp3) is 0.100. The van der Waals surface area contributed by atoms with E-state index in [1.54, 1.807) is 41.5 Å². The molecule has 0 aliphatic heterocycles. The molecule has 0 aliphatic rings. The van der Waals surface area contributed by atoms with Gasteiger partial charge in [-0.3, -0.25) is 9.48 Å². The average molecular weight is 531 g/mol. The van der Waals surface area contributed by atoms with Crippen molar-refractivity contribution in [2.45, 2.75) is 13.0 Å². The number of fused-ring (bicyclic) bond motifs is 2. The van der Waals surface area contributed by atoms with Gasteiger partial charge in [-0.05, 0) is 48.9 Å². The van der Waals surface area contributed by atoms with Gasteiger partial charge in [0.1, 0.15) is 11.4 Å². The molecule has 0 bridgehead atoms. The van der Waals surface area contributed by atoms with Crippen molar-refractivity contribution in [1.29, 1.82) is 0 Å². The molecule has 4 aromatic heterocycles. The normalized spacial score (nSPS) is 11.8. The topological polar surface area (TPSA) is 116 Å². The lowest BCUT2D eigenvalue weighted by Gasteiger charge is -2.19. The standard InChI is InChI=1S/C30H23FN8O/c1-18(35-30(40)26-28(32)37-39-13-5-12-33-29(26)39)27-24(21-7-3-8-22(31)14-21)15-23-20(6-4-9-25(23)36-27)11-10-19-16-34-38(2)17-19/h3-9,12-18H,1-2H3,(H2,32,37)(H,35,40)/t18-/m1/s1. The van der Waals surface area contributed by atoms with Crippen LogP contribution in [0.1, 0.15) is 40.1 Å². The van der Waals surface area contributed by atoms with E-state index in [-0.39, 0.29) is 17.2 Å². The molecule has 0 spiro atoms. The molecule has 0 unspecified atom stereocenters. The maximum atomic E-state index is 14.3. The number of benzene rings is 2. The monoisotopic (exact) mass is 530 g/mol. The van der Waals surface area contributed by atoms with Gasteiger partial charge in [-0.15, -0.1) is 5.10 Å². The quantitative estimate of drug-likeness (QED) is 0.329. The van der Waals surface area contributed by atoms with Crippen LogP contribution in [0.3, 0.4) is 0 Å². The minimum Gasteiger partial charge on any atom is -0.381 e. The molecule has 10 heteroatoms. The van der Waals surface area contributed by atoms with Gasteiger partial charge in [-0.2, -0.15) is 5.10 Å². The number of hydrogen-bond acceptors (Lipinski definition) is 6. The van der Waals surface area contributed by atoms with Crippen LogP contribution in [0.2, 0.25) is 0 Å². The molecule has 196 valence electrons. The van der Waals surface area contributed by atoms with E-state index < -0.39 is 11.9 Å². The summed E-state index contributed by atoms with van der Waals surface area (Å²) in [6, 6.07) is 15.0. The molecule has 3 N–H and O–H groups in total. The van der Waals surface area contributed by atoms with Crippen LogP contribution in [-0.2, 0) is 7.05 Å². The van der Waals surface area contributed by atoms with Crippen LogP contribution in [0.15, 0.2) is 79.4 Å². The number of amides is 1. The SMILES string of the molecule is C[C@@H](NC(=O)c1c(N)nn2cccnc12)c1nc2cccc(C#Cc3cnn(C)c3)c2cc1-c1cccc(F)c1. The highest BCUT2D eigenvalue weighted by molar-refractivity contribution is 6.04. The summed E-state index contributed by atoms with van der Waals surface area (Å²) in [6.45, 7) is 1.82. The molecule has 0 fully saturated rings. The largest absolute Gasteiger partial charge is 0.381 e. The Morgan fingerprint density at radius 1 is 1.12 bits per heavy atom. The third-order valence-electron chi connectivity index (χ3n) is 6.48. The van der Waals surface area contributed by atoms with Gasteiger partial charge in [0.25, 0.3) is 5.91 Å². The first kappa shape index (κ1) is 24.8. The van der Waals surface area contributed by atoms with E-state index in [9.17, 15) is 9.18 Å². The Morgan fingerprint density at radius 2 is 1.98 bits per heavy atom. The highest BCUT2D eigenvalue weighted by Gasteiger charge is 2.23. The Morgan fingerprint density at radius 3 is 2.77 bits per heavy atom. The van der Waals surface area contributed by atoms with Gasteiger partial charge in [0.05, 0.1) is 29.0 Å². The number of nitrogens with zero attached hydrogens (tertiary/aromatic N) is 6. The van der Waals surface area contributed by atoms with E-state index >= 15 is 0 Å². The van der Waals surface area contributed by atoms with E-state index in [4.69, 9.17) is 10.7 Å². The Kier molecular flexibility index (Phi) is 6.16. The Balaban J connectivity index is 1.45. The van der Waals surface area contributed by atoms with Crippen molar-refractivity contribution in [3.63, 3.8) is 0 Å². The molecule has 1 amide bonds. The summed E-state index contributed by atoms with van der Waals surface area (Å²) in [6.07, 6.45) is 6.77. The van der Waals surface area contributed by atoms with E-state index in [2.05, 4.69) is 32.3 Å². The van der Waals surface area contributed by atoms with Crippen molar-refractivity contribution in [3.8, 4) is 23.0 Å². The molecule has 1 atom stereocenters. The fourth-order valence-corrected chi connectivity index (χ4v) is 4.62. The molecular weight excluding hydrogens is 507 g/mol. The summed E-state index contributed by atoms with van der Waals surface area (Å²) >= 11 is 0. The fourth-order valence-electron chi connectivity index (χ4n) is 4.62. The number of aryl methyl sites for hydroxylation is 1. The van der Waals surface area contributed by atoms with Crippen molar-refractivity contribution in [1.82, 2.24) is 34.7 Å². The van der Waals surface area contributed by atoms with E-state index in [0.717, 1.165) is 16.5 Å². The molecular formula is C30H23FN8O. The van der Waals surface area contributed by atoms with Gasteiger partial charge in [0.2, 0.25) is 0 Å². The second-order valence-corrected chi connectivity index (χ2v) is 9.30. The zero-order chi connectivity index (χ0) is 27.8. The van der Waals surface area contributed by atoms with Gasteiger partial charge >= 0.3 is 0 Å². The number of nitrogens with two attached hydrogens (primary N) is 1. The van der Waals surface area contributed by atoms with Crippen molar-refractivity contribution < 1.29 is 9.18 Å². The van der Waals surface area contributed by atoms with Crippen LogP contribution < -0.4 is 11.1 Å². The van der Waals surface area contributed by atoms with Crippen molar-refractivity contribution in [3.05, 3.63) is 108 Å². The number of halogens is 1. The molecule has 0 saturated heterocycles. The zero-order valence-electron chi connectivity index (χ0n) is 21.6. The zero-order valence-corrected chi connectivity index (χ0v) is 21.6. The summed E-state index contributed by atoms with van der Waals surface area (Å²) in [5.74, 6) is 5.59. The summed E-state index contributed by atoms with van der Waals surface area (Å²) < 4.78 is 17.5. The number of rotatable bonds is 4. The lowest BCUT2D eigenvalue weighted by atomic mass is 9.96. The van der Waals surface area contributed by atoms with Crippen LogP contribution >= 0.6 is 0 Å². The van der Waals surface area contributed by atoms with Crippen LogP contribution in [0.5, 0.6) is 0 Å². The van der Waals surface area contributed by atoms with Gasteiger partial charge in [0, 0.05) is 42.2 Å². The molecule has 40 heavy (non-hydrogen) atoms. The highest BCUT2D eigenvalue weighted by atomic mass is 19.1. The third-order valence-corrected chi connectivity index (χ3v) is 6.48. The first-order valence-electron chi connectivity index (χ1n) is 12.5. The van der Waals surface area contributed by atoms with E-state index in [1.165, 1.54) is 16.6 Å². The number of aromatic nitrogens is 6. The summed E-state index contributed by atoms with van der Waals surface area (Å²) in [7, 11) is 1.83. The number of anilines is 1. The highest BCUT2D eigenvalue weighted by Crippen LogP contribution is 2.32. The molecule has 9 nitrogen and oxygen atoms in total. The number of nitrogens with one attached hydrogen (secondary N) is 1. The summed E-state index contributed by atoms with van der Waals surface area (Å²) in [5.41, 5.74) is 10.7. The van der Waals surface area contributed by atoms with E-state index in [1.807, 2.05) is 44.4 Å². The molecule has 6 aromatic rings. The second kappa shape index (κ2) is 9.96. The first-order valence-corrected chi connectivity index (χ1v) is 12.5. The number of pyridine rings is 1. The van der Waals surface area contributed by atoms with Crippen molar-refractivity contribution in [2.75, 3.05) is 5.73 Å². The number of carbonyl (C=O) groups is 1. The average Bonchev–Trinajstić information content (AvgIpc) is 3.52.